The second kappa shape index (κ2) is 9.73. The molecule has 1 heterocycles. The molecule has 0 aromatic heterocycles. The van der Waals surface area contributed by atoms with Gasteiger partial charge in [0.2, 0.25) is 0 Å². The third-order valence-electron chi connectivity index (χ3n) is 11.4. The van der Waals surface area contributed by atoms with E-state index >= 15 is 0 Å². The van der Waals surface area contributed by atoms with E-state index in [1.54, 1.807) is 0 Å². The first-order valence-electron chi connectivity index (χ1n) is 13.9. The van der Waals surface area contributed by atoms with Crippen LogP contribution in [0.1, 0.15) is 65.2 Å². The summed E-state index contributed by atoms with van der Waals surface area (Å²) in [6, 6.07) is 0. The summed E-state index contributed by atoms with van der Waals surface area (Å²) in [5.74, 6) is -1.65. The number of aliphatic carboxylic acids is 1. The summed E-state index contributed by atoms with van der Waals surface area (Å²) in [7, 11) is 0. The summed E-state index contributed by atoms with van der Waals surface area (Å²) in [5, 5.41) is 72.2. The number of carbonyl (C=O) groups excluding carboxylic acids is 1. The average molecular weight is 543 g/mol. The van der Waals surface area contributed by atoms with Gasteiger partial charge >= 0.3 is 5.97 Å². The second-order valence-corrected chi connectivity index (χ2v) is 13.0. The van der Waals surface area contributed by atoms with E-state index < -0.39 is 66.2 Å². The summed E-state index contributed by atoms with van der Waals surface area (Å²) >= 11 is 0. The zero-order valence-corrected chi connectivity index (χ0v) is 22.0. The van der Waals surface area contributed by atoms with Gasteiger partial charge in [0, 0.05) is 5.41 Å². The number of hydrogen-bond acceptors (Lipinski definition) is 10. The molecule has 0 aromatic rings. The molecule has 5 aliphatic rings. The number of fused-ring (bicyclic) bond motifs is 5. The molecule has 4 saturated carbocycles. The minimum Gasteiger partial charge on any atom is -0.479 e. The minimum absolute atomic E-state index is 0.0169. The smallest absolute Gasteiger partial charge is 0.335 e. The van der Waals surface area contributed by atoms with Gasteiger partial charge in [-0.3, -0.25) is 4.79 Å². The van der Waals surface area contributed by atoms with Crippen molar-refractivity contribution in [2.75, 3.05) is 6.61 Å². The molecule has 0 radical (unpaired) electrons. The van der Waals surface area contributed by atoms with Gasteiger partial charge < -0.3 is 45.2 Å². The Morgan fingerprint density at radius 2 is 1.68 bits per heavy atom. The van der Waals surface area contributed by atoms with Gasteiger partial charge in [0.1, 0.15) is 30.5 Å². The van der Waals surface area contributed by atoms with E-state index in [1.165, 1.54) is 0 Å². The Hall–Kier alpha value is -1.18. The van der Waals surface area contributed by atoms with Crippen molar-refractivity contribution in [2.45, 2.75) is 114 Å². The Bertz CT molecular complexity index is 944. The number of Topliss-reactive ketones (excluding diaryl/α,β-unsaturated/α-hetero) is 1. The maximum absolute atomic E-state index is 12.6. The Morgan fingerprint density at radius 1 is 0.974 bits per heavy atom. The molecule has 0 amide bonds. The molecule has 1 saturated heterocycles. The highest BCUT2D eigenvalue weighted by Gasteiger charge is 2.68. The van der Waals surface area contributed by atoms with E-state index in [1.807, 2.05) is 6.92 Å². The molecular formula is C27H42O11. The van der Waals surface area contributed by atoms with Gasteiger partial charge in [-0.05, 0) is 80.5 Å². The third-order valence-corrected chi connectivity index (χ3v) is 11.4. The van der Waals surface area contributed by atoms with Crippen LogP contribution in [-0.2, 0) is 19.1 Å². The molecule has 1 aliphatic heterocycles. The molecule has 5 rings (SSSR count). The molecule has 11 nitrogen and oxygen atoms in total. The molecule has 7 N–H and O–H groups in total. The van der Waals surface area contributed by atoms with E-state index in [0.717, 1.165) is 19.3 Å². The van der Waals surface area contributed by atoms with Crippen LogP contribution in [-0.4, -0.2) is 103 Å². The summed E-state index contributed by atoms with van der Waals surface area (Å²) < 4.78 is 11.3. The van der Waals surface area contributed by atoms with Gasteiger partial charge in [0.15, 0.2) is 18.2 Å². The third kappa shape index (κ3) is 4.00. The predicted octanol–water partition coefficient (Wildman–Crippen LogP) is -0.430. The van der Waals surface area contributed by atoms with Crippen LogP contribution in [0.15, 0.2) is 0 Å². The van der Waals surface area contributed by atoms with E-state index in [9.17, 15) is 45.3 Å². The fourth-order valence-electron chi connectivity index (χ4n) is 9.42. The molecule has 11 heteroatoms. The average Bonchev–Trinajstić information content (AvgIpc) is 3.14. The number of hydrogen-bond donors (Lipinski definition) is 7. The highest BCUT2D eigenvalue weighted by molar-refractivity contribution is 5.89. The molecule has 14 atom stereocenters. The van der Waals surface area contributed by atoms with Crippen LogP contribution < -0.4 is 0 Å². The first-order valence-corrected chi connectivity index (χ1v) is 13.9. The topological polar surface area (TPSA) is 194 Å². The quantitative estimate of drug-likeness (QED) is 0.223. The number of aliphatic hydroxyl groups excluding tert-OH is 5. The fraction of sp³-hybridized carbons (Fsp3) is 0.926. The number of carbonyl (C=O) groups is 2. The number of rotatable bonds is 5. The maximum atomic E-state index is 12.6. The predicted molar refractivity (Wildman–Crippen MR) is 129 cm³/mol. The molecule has 4 unspecified atom stereocenters. The first-order chi connectivity index (χ1) is 17.8. The standard InChI is InChI=1S/C27H42O11/c1-25-7-5-13(37-24-21(33)19(31)20(32)22(38-24)23(34)35)9-12(25)3-4-14-15-6-8-27(36,17(30)11-28)26(15,2)10-16(29)18(14)25/h12-16,18-22,24,28-29,31-33,36H,3-11H2,1-2H3,(H,34,35)/t12?,13?,14-,15-,16?,18+,19-,20-,21+,22-,24?,25-,26-,27-/m0/s1. The van der Waals surface area contributed by atoms with Crippen molar-refractivity contribution in [3.63, 3.8) is 0 Å². The van der Waals surface area contributed by atoms with Crippen molar-refractivity contribution in [1.29, 1.82) is 0 Å². The summed E-state index contributed by atoms with van der Waals surface area (Å²) in [6.45, 7) is 3.37. The van der Waals surface area contributed by atoms with Gasteiger partial charge in [-0.25, -0.2) is 4.79 Å². The highest BCUT2D eigenvalue weighted by atomic mass is 16.7. The van der Waals surface area contributed by atoms with Crippen LogP contribution in [0.3, 0.4) is 0 Å². The number of ether oxygens (including phenoxy) is 2. The molecule has 0 aromatic carbocycles. The molecule has 0 bridgehead atoms. The van der Waals surface area contributed by atoms with E-state index in [0.29, 0.717) is 32.1 Å². The second-order valence-electron chi connectivity index (χ2n) is 13.0. The lowest BCUT2D eigenvalue weighted by molar-refractivity contribution is -0.310. The molecular weight excluding hydrogens is 500 g/mol. The lowest BCUT2D eigenvalue weighted by atomic mass is 9.43. The highest BCUT2D eigenvalue weighted by Crippen LogP contribution is 2.68. The summed E-state index contributed by atoms with van der Waals surface area (Å²) in [5.41, 5.74) is -2.64. The Morgan fingerprint density at radius 3 is 2.34 bits per heavy atom. The largest absolute Gasteiger partial charge is 0.479 e. The monoisotopic (exact) mass is 542 g/mol. The van der Waals surface area contributed by atoms with Gasteiger partial charge in [0.05, 0.1) is 12.2 Å². The molecule has 4 aliphatic carbocycles. The summed E-state index contributed by atoms with van der Waals surface area (Å²) in [4.78, 5) is 24.0. The summed E-state index contributed by atoms with van der Waals surface area (Å²) in [6.07, 6.45) is -4.37. The number of aliphatic hydroxyl groups is 6. The van der Waals surface area contributed by atoms with E-state index in [2.05, 4.69) is 6.92 Å². The van der Waals surface area contributed by atoms with Crippen molar-refractivity contribution in [2.24, 2.45) is 34.5 Å². The molecule has 216 valence electrons. The van der Waals surface area contributed by atoms with Crippen molar-refractivity contribution in [3.05, 3.63) is 0 Å². The van der Waals surface area contributed by atoms with Gasteiger partial charge in [0.25, 0.3) is 0 Å². The van der Waals surface area contributed by atoms with Crippen molar-refractivity contribution in [1.82, 2.24) is 0 Å². The van der Waals surface area contributed by atoms with Crippen LogP contribution in [0.5, 0.6) is 0 Å². The number of ketones is 1. The van der Waals surface area contributed by atoms with Crippen LogP contribution in [0.2, 0.25) is 0 Å². The Kier molecular flexibility index (Phi) is 7.26. The Labute approximate surface area is 221 Å². The zero-order valence-electron chi connectivity index (χ0n) is 22.0. The van der Waals surface area contributed by atoms with Gasteiger partial charge in [-0.15, -0.1) is 0 Å². The lowest BCUT2D eigenvalue weighted by Crippen LogP contribution is -2.63. The van der Waals surface area contributed by atoms with Crippen molar-refractivity contribution < 1.29 is 54.8 Å². The number of carboxylic acids is 1. The molecule has 0 spiro atoms. The molecule has 5 fully saturated rings. The van der Waals surface area contributed by atoms with E-state index in [-0.39, 0.29) is 35.2 Å². The first kappa shape index (κ1) is 28.4. The minimum atomic E-state index is -1.77. The zero-order chi connectivity index (χ0) is 27.8. The van der Waals surface area contributed by atoms with Crippen LogP contribution >= 0.6 is 0 Å². The fourth-order valence-corrected chi connectivity index (χ4v) is 9.42. The van der Waals surface area contributed by atoms with Crippen molar-refractivity contribution in [3.8, 4) is 0 Å². The van der Waals surface area contributed by atoms with Crippen molar-refractivity contribution >= 4 is 11.8 Å². The normalized spacial score (nSPS) is 54.5. The van der Waals surface area contributed by atoms with Gasteiger partial charge in [-0.1, -0.05) is 13.8 Å². The lowest BCUT2D eigenvalue weighted by Gasteiger charge is -2.63. The van der Waals surface area contributed by atoms with Crippen LogP contribution in [0, 0.1) is 34.5 Å². The SMILES string of the molecule is C[C@]12CCC(OC3O[C@H](C(=O)O)[C@@H](O)[C@H](O)[C@H]3O)CC1CC[C@@H]1[C@@H]2C(O)C[C@@]2(C)[C@H]1CC[C@]2(O)C(=O)CO. The molecule has 38 heavy (non-hydrogen) atoms. The Balaban J connectivity index is 1.31. The van der Waals surface area contributed by atoms with Gasteiger partial charge in [-0.2, -0.15) is 0 Å². The van der Waals surface area contributed by atoms with Crippen LogP contribution in [0.4, 0.5) is 0 Å². The maximum Gasteiger partial charge on any atom is 0.335 e. The van der Waals surface area contributed by atoms with Crippen LogP contribution in [0.25, 0.3) is 0 Å². The van der Waals surface area contributed by atoms with E-state index in [4.69, 9.17) is 9.47 Å². The number of carboxylic acid groups (broad SMARTS) is 1.